The molecule has 2 rings (SSSR count). The van der Waals surface area contributed by atoms with E-state index in [0.29, 0.717) is 18.1 Å². The van der Waals surface area contributed by atoms with Gasteiger partial charge in [-0.05, 0) is 41.8 Å². The molecule has 0 aliphatic heterocycles. The average Bonchev–Trinajstić information content (AvgIpc) is 2.48. The Balaban J connectivity index is 1.90. The molecule has 21 heavy (non-hydrogen) atoms. The van der Waals surface area contributed by atoms with Crippen molar-refractivity contribution in [2.75, 3.05) is 0 Å². The number of carbonyl (C=O) groups is 1. The van der Waals surface area contributed by atoms with Crippen LogP contribution < -0.4 is 4.74 Å². The number of hydrogen-bond acceptors (Lipinski definition) is 2. The van der Waals surface area contributed by atoms with E-state index in [2.05, 4.69) is 0 Å². The lowest BCUT2D eigenvalue weighted by atomic mass is 10.0. The Bertz CT molecular complexity index is 590. The molecular formula is C17H17ClO3. The normalized spacial score (nSPS) is 11.9. The third-order valence-corrected chi connectivity index (χ3v) is 3.46. The fourth-order valence-electron chi connectivity index (χ4n) is 1.91. The van der Waals surface area contributed by atoms with Crippen molar-refractivity contribution in [2.24, 2.45) is 5.92 Å². The summed E-state index contributed by atoms with van der Waals surface area (Å²) in [6, 6.07) is 15.0. The zero-order chi connectivity index (χ0) is 15.2. The zero-order valence-electron chi connectivity index (χ0n) is 11.8. The summed E-state index contributed by atoms with van der Waals surface area (Å²) >= 11 is 5.83. The van der Waals surface area contributed by atoms with Crippen LogP contribution in [0.3, 0.4) is 0 Å². The maximum absolute atomic E-state index is 10.8. The van der Waals surface area contributed by atoms with Crippen LogP contribution in [0.25, 0.3) is 0 Å². The Morgan fingerprint density at radius 2 is 1.67 bits per heavy atom. The van der Waals surface area contributed by atoms with E-state index in [0.717, 1.165) is 16.9 Å². The molecule has 0 aliphatic rings. The number of carboxylic acids is 1. The van der Waals surface area contributed by atoms with Gasteiger partial charge in [0, 0.05) is 5.02 Å². The number of benzene rings is 2. The van der Waals surface area contributed by atoms with Crippen molar-refractivity contribution in [1.82, 2.24) is 0 Å². The minimum absolute atomic E-state index is 0.383. The molecule has 0 radical (unpaired) electrons. The fraction of sp³-hybridized carbons (Fsp3) is 0.235. The van der Waals surface area contributed by atoms with Crippen LogP contribution in [0.1, 0.15) is 18.1 Å². The molecule has 3 nitrogen and oxygen atoms in total. The quantitative estimate of drug-likeness (QED) is 0.870. The summed E-state index contributed by atoms with van der Waals surface area (Å²) < 4.78 is 5.68. The highest BCUT2D eigenvalue weighted by atomic mass is 35.5. The second-order valence-electron chi connectivity index (χ2n) is 5.00. The van der Waals surface area contributed by atoms with Crippen LogP contribution in [0.5, 0.6) is 5.75 Å². The molecular weight excluding hydrogens is 288 g/mol. The smallest absolute Gasteiger partial charge is 0.306 e. The molecule has 0 unspecified atom stereocenters. The first kappa shape index (κ1) is 15.4. The Hall–Kier alpha value is -2.00. The topological polar surface area (TPSA) is 46.5 Å². The van der Waals surface area contributed by atoms with Gasteiger partial charge in [0.1, 0.15) is 12.4 Å². The second-order valence-corrected chi connectivity index (χ2v) is 5.44. The molecule has 1 atom stereocenters. The highest BCUT2D eigenvalue weighted by Crippen LogP contribution is 2.17. The van der Waals surface area contributed by atoms with E-state index in [-0.39, 0.29) is 5.92 Å². The van der Waals surface area contributed by atoms with Crippen molar-refractivity contribution in [3.05, 3.63) is 64.7 Å². The average molecular weight is 305 g/mol. The molecule has 0 bridgehead atoms. The lowest BCUT2D eigenvalue weighted by Crippen LogP contribution is -2.12. The Morgan fingerprint density at radius 1 is 1.10 bits per heavy atom. The Labute approximate surface area is 129 Å². The first-order valence-electron chi connectivity index (χ1n) is 6.73. The third kappa shape index (κ3) is 4.80. The van der Waals surface area contributed by atoms with Crippen LogP contribution in [-0.2, 0) is 17.8 Å². The SMILES string of the molecule is C[C@@H](Cc1ccc(OCc2ccc(Cl)cc2)cc1)C(=O)O. The highest BCUT2D eigenvalue weighted by molar-refractivity contribution is 6.30. The number of ether oxygens (including phenoxy) is 1. The monoisotopic (exact) mass is 304 g/mol. The first-order valence-corrected chi connectivity index (χ1v) is 7.11. The van der Waals surface area contributed by atoms with E-state index in [4.69, 9.17) is 21.4 Å². The lowest BCUT2D eigenvalue weighted by Gasteiger charge is -2.09. The van der Waals surface area contributed by atoms with Gasteiger partial charge in [-0.1, -0.05) is 42.8 Å². The molecule has 0 heterocycles. The van der Waals surface area contributed by atoms with Gasteiger partial charge in [0.05, 0.1) is 5.92 Å². The van der Waals surface area contributed by atoms with Gasteiger partial charge >= 0.3 is 5.97 Å². The summed E-state index contributed by atoms with van der Waals surface area (Å²) in [6.07, 6.45) is 0.521. The first-order chi connectivity index (χ1) is 10.0. The van der Waals surface area contributed by atoms with Crippen LogP contribution in [0.4, 0.5) is 0 Å². The second kappa shape index (κ2) is 7.14. The van der Waals surface area contributed by atoms with E-state index < -0.39 is 5.97 Å². The summed E-state index contributed by atoms with van der Waals surface area (Å²) in [5.41, 5.74) is 2.03. The number of halogens is 1. The maximum Gasteiger partial charge on any atom is 0.306 e. The van der Waals surface area contributed by atoms with Gasteiger partial charge in [-0.2, -0.15) is 0 Å². The molecule has 0 aliphatic carbocycles. The van der Waals surface area contributed by atoms with Crippen LogP contribution >= 0.6 is 11.6 Å². The summed E-state index contributed by atoms with van der Waals surface area (Å²) in [5.74, 6) is -0.402. The summed E-state index contributed by atoms with van der Waals surface area (Å²) in [6.45, 7) is 2.18. The molecule has 0 saturated heterocycles. The van der Waals surface area contributed by atoms with E-state index in [9.17, 15) is 4.79 Å². The predicted molar refractivity (Wildman–Crippen MR) is 82.7 cm³/mol. The van der Waals surface area contributed by atoms with E-state index in [1.54, 1.807) is 6.92 Å². The van der Waals surface area contributed by atoms with Crippen molar-refractivity contribution in [2.45, 2.75) is 20.0 Å². The van der Waals surface area contributed by atoms with Gasteiger partial charge in [0.2, 0.25) is 0 Å². The fourth-order valence-corrected chi connectivity index (χ4v) is 2.04. The van der Waals surface area contributed by atoms with Crippen LogP contribution in [0.2, 0.25) is 5.02 Å². The van der Waals surface area contributed by atoms with Crippen molar-refractivity contribution in [3.8, 4) is 5.75 Å². The molecule has 0 fully saturated rings. The maximum atomic E-state index is 10.8. The van der Waals surface area contributed by atoms with Crippen molar-refractivity contribution >= 4 is 17.6 Å². The summed E-state index contributed by atoms with van der Waals surface area (Å²) in [5, 5.41) is 9.60. The number of rotatable bonds is 6. The zero-order valence-corrected chi connectivity index (χ0v) is 12.5. The lowest BCUT2D eigenvalue weighted by molar-refractivity contribution is -0.141. The van der Waals surface area contributed by atoms with Gasteiger partial charge in [-0.25, -0.2) is 0 Å². The summed E-state index contributed by atoms with van der Waals surface area (Å²) in [4.78, 5) is 10.8. The van der Waals surface area contributed by atoms with Gasteiger partial charge in [0.15, 0.2) is 0 Å². The Kier molecular flexibility index (Phi) is 5.23. The van der Waals surface area contributed by atoms with E-state index in [1.807, 2.05) is 48.5 Å². The molecule has 1 N–H and O–H groups in total. The highest BCUT2D eigenvalue weighted by Gasteiger charge is 2.11. The molecule has 0 spiro atoms. The number of aliphatic carboxylic acids is 1. The van der Waals surface area contributed by atoms with Gasteiger partial charge < -0.3 is 9.84 Å². The molecule has 2 aromatic rings. The molecule has 0 amide bonds. The number of hydrogen-bond donors (Lipinski definition) is 1. The summed E-state index contributed by atoms with van der Waals surface area (Å²) in [7, 11) is 0. The van der Waals surface area contributed by atoms with Gasteiger partial charge in [-0.3, -0.25) is 4.79 Å². The van der Waals surface area contributed by atoms with Gasteiger partial charge in [0.25, 0.3) is 0 Å². The molecule has 0 aromatic heterocycles. The third-order valence-electron chi connectivity index (χ3n) is 3.21. The van der Waals surface area contributed by atoms with Crippen molar-refractivity contribution in [3.63, 3.8) is 0 Å². The van der Waals surface area contributed by atoms with Crippen molar-refractivity contribution in [1.29, 1.82) is 0 Å². The van der Waals surface area contributed by atoms with E-state index >= 15 is 0 Å². The van der Waals surface area contributed by atoms with Crippen molar-refractivity contribution < 1.29 is 14.6 Å². The molecule has 4 heteroatoms. The predicted octanol–water partition coefficient (Wildman–Crippen LogP) is 4.18. The minimum atomic E-state index is -0.780. The number of carboxylic acid groups (broad SMARTS) is 1. The van der Waals surface area contributed by atoms with Crippen LogP contribution in [0, 0.1) is 5.92 Å². The largest absolute Gasteiger partial charge is 0.489 e. The van der Waals surface area contributed by atoms with Gasteiger partial charge in [-0.15, -0.1) is 0 Å². The van der Waals surface area contributed by atoms with E-state index in [1.165, 1.54) is 0 Å². The standard InChI is InChI=1S/C17H17ClO3/c1-12(17(19)20)10-13-4-8-16(9-5-13)21-11-14-2-6-15(18)7-3-14/h2-9,12H,10-11H2,1H3,(H,19,20)/t12-/m0/s1. The molecule has 2 aromatic carbocycles. The van der Waals surface area contributed by atoms with Crippen LogP contribution in [-0.4, -0.2) is 11.1 Å². The molecule has 110 valence electrons. The molecule has 0 saturated carbocycles. The van der Waals surface area contributed by atoms with Crippen LogP contribution in [0.15, 0.2) is 48.5 Å². The minimum Gasteiger partial charge on any atom is -0.489 e. The Morgan fingerprint density at radius 3 is 2.24 bits per heavy atom.